The maximum atomic E-state index is 12.9. The van der Waals surface area contributed by atoms with Crippen molar-refractivity contribution >= 4 is 18.0 Å². The van der Waals surface area contributed by atoms with E-state index in [-0.39, 0.29) is 18.4 Å². The maximum absolute atomic E-state index is 12.9. The Kier molecular flexibility index (Phi) is 8.51. The van der Waals surface area contributed by atoms with Crippen molar-refractivity contribution in [1.82, 2.24) is 9.80 Å². The van der Waals surface area contributed by atoms with Crippen LogP contribution in [-0.4, -0.2) is 66.7 Å². The lowest BCUT2D eigenvalue weighted by atomic mass is 10.0. The Morgan fingerprint density at radius 1 is 0.882 bits per heavy atom. The van der Waals surface area contributed by atoms with Gasteiger partial charge in [0.25, 0.3) is 11.8 Å². The van der Waals surface area contributed by atoms with Gasteiger partial charge in [-0.2, -0.15) is 0 Å². The molecule has 2 amide bonds. The molecule has 182 valence electrons. The Labute approximate surface area is 200 Å². The van der Waals surface area contributed by atoms with Crippen molar-refractivity contribution in [3.63, 3.8) is 0 Å². The number of piperazine rings is 1. The number of para-hydroxylation sites is 1. The van der Waals surface area contributed by atoms with Crippen molar-refractivity contribution in [2.45, 2.75) is 39.7 Å². The Bertz CT molecular complexity index is 997. The van der Waals surface area contributed by atoms with E-state index in [9.17, 15) is 14.4 Å². The molecule has 0 saturated carbocycles. The molecule has 3 rings (SSSR count). The quantitative estimate of drug-likeness (QED) is 0.449. The number of carbonyl (C=O) groups excluding carboxylic acids is 3. The van der Waals surface area contributed by atoms with Crippen LogP contribution in [0.2, 0.25) is 0 Å². The third kappa shape index (κ3) is 6.27. The summed E-state index contributed by atoms with van der Waals surface area (Å²) in [4.78, 5) is 40.7. The molecular formula is C26H32N2O6. The molecule has 2 aromatic rings. The van der Waals surface area contributed by atoms with Gasteiger partial charge in [0.15, 0.2) is 6.10 Å². The monoisotopic (exact) mass is 468 g/mol. The Morgan fingerprint density at radius 2 is 1.50 bits per heavy atom. The molecule has 1 aliphatic rings. The summed E-state index contributed by atoms with van der Waals surface area (Å²) < 4.78 is 15.8. The fraction of sp³-hybridized carbons (Fsp3) is 0.423. The van der Waals surface area contributed by atoms with E-state index in [0.29, 0.717) is 43.4 Å². The first kappa shape index (κ1) is 25.1. The molecule has 8 heteroatoms. The van der Waals surface area contributed by atoms with Crippen LogP contribution in [0.4, 0.5) is 4.79 Å². The van der Waals surface area contributed by atoms with Crippen molar-refractivity contribution in [1.29, 1.82) is 0 Å². The minimum Gasteiger partial charge on any atom is -0.481 e. The van der Waals surface area contributed by atoms with E-state index in [1.165, 1.54) is 0 Å². The van der Waals surface area contributed by atoms with E-state index in [2.05, 4.69) is 13.8 Å². The summed E-state index contributed by atoms with van der Waals surface area (Å²) in [5.74, 6) is 1.09. The summed E-state index contributed by atoms with van der Waals surface area (Å²) in [7, 11) is 0. The van der Waals surface area contributed by atoms with Crippen LogP contribution in [0.3, 0.4) is 0 Å². The van der Waals surface area contributed by atoms with E-state index >= 15 is 0 Å². The highest BCUT2D eigenvalue weighted by molar-refractivity contribution is 5.94. The average Bonchev–Trinajstić information content (AvgIpc) is 2.84. The van der Waals surface area contributed by atoms with Crippen LogP contribution in [0.1, 0.15) is 49.5 Å². The molecule has 0 aliphatic carbocycles. The van der Waals surface area contributed by atoms with Crippen LogP contribution in [0, 0.1) is 0 Å². The molecule has 1 heterocycles. The van der Waals surface area contributed by atoms with E-state index in [4.69, 9.17) is 14.2 Å². The average molecular weight is 469 g/mol. The third-order valence-electron chi connectivity index (χ3n) is 5.64. The Balaban J connectivity index is 1.53. The van der Waals surface area contributed by atoms with Gasteiger partial charge in [-0.15, -0.1) is 0 Å². The zero-order chi connectivity index (χ0) is 24.7. The van der Waals surface area contributed by atoms with Crippen molar-refractivity contribution in [3.05, 3.63) is 59.7 Å². The minimum atomic E-state index is -0.784. The lowest BCUT2D eigenvalue weighted by molar-refractivity contribution is -0.139. The fourth-order valence-electron chi connectivity index (χ4n) is 3.78. The van der Waals surface area contributed by atoms with Crippen molar-refractivity contribution in [3.8, 4) is 11.5 Å². The topological polar surface area (TPSA) is 85.4 Å². The highest BCUT2D eigenvalue weighted by Gasteiger charge is 2.28. The first-order valence-corrected chi connectivity index (χ1v) is 11.6. The first-order chi connectivity index (χ1) is 16.3. The van der Waals surface area contributed by atoms with E-state index in [1.807, 2.05) is 24.3 Å². The summed E-state index contributed by atoms with van der Waals surface area (Å²) in [6.45, 7) is 9.59. The molecule has 1 saturated heterocycles. The summed E-state index contributed by atoms with van der Waals surface area (Å²) in [5.41, 5.74) is 1.55. The SMILES string of the molecule is CCOC(=O)Oc1ccc(C(=O)N2CCN(C(=O)C(C)Oc3ccccc3C(C)C)CC2)cc1. The van der Waals surface area contributed by atoms with Gasteiger partial charge in [-0.1, -0.05) is 32.0 Å². The van der Waals surface area contributed by atoms with Gasteiger partial charge < -0.3 is 24.0 Å². The number of hydrogen-bond donors (Lipinski definition) is 0. The molecule has 8 nitrogen and oxygen atoms in total. The molecule has 34 heavy (non-hydrogen) atoms. The Hall–Kier alpha value is -3.55. The predicted molar refractivity (Wildman–Crippen MR) is 127 cm³/mol. The van der Waals surface area contributed by atoms with Crippen molar-refractivity contribution in [2.75, 3.05) is 32.8 Å². The van der Waals surface area contributed by atoms with Gasteiger partial charge in [-0.05, 0) is 55.7 Å². The number of ether oxygens (including phenoxy) is 3. The maximum Gasteiger partial charge on any atom is 0.513 e. The molecule has 0 aromatic heterocycles. The zero-order valence-electron chi connectivity index (χ0n) is 20.2. The van der Waals surface area contributed by atoms with Gasteiger partial charge in [0, 0.05) is 31.7 Å². The summed E-state index contributed by atoms with van der Waals surface area (Å²) in [5, 5.41) is 0. The van der Waals surface area contributed by atoms with Crippen LogP contribution in [0.15, 0.2) is 48.5 Å². The van der Waals surface area contributed by atoms with Gasteiger partial charge >= 0.3 is 6.16 Å². The lowest BCUT2D eigenvalue weighted by Crippen LogP contribution is -2.53. The number of benzene rings is 2. The molecule has 0 bridgehead atoms. The lowest BCUT2D eigenvalue weighted by Gasteiger charge is -2.36. The predicted octanol–water partition coefficient (Wildman–Crippen LogP) is 4.10. The van der Waals surface area contributed by atoms with Crippen molar-refractivity contribution in [2.24, 2.45) is 0 Å². The van der Waals surface area contributed by atoms with Gasteiger partial charge in [-0.3, -0.25) is 9.59 Å². The third-order valence-corrected chi connectivity index (χ3v) is 5.64. The molecular weight excluding hydrogens is 436 g/mol. The van der Waals surface area contributed by atoms with Gasteiger partial charge in [0.2, 0.25) is 0 Å². The van der Waals surface area contributed by atoms with Gasteiger partial charge in [-0.25, -0.2) is 4.79 Å². The number of hydrogen-bond acceptors (Lipinski definition) is 6. The smallest absolute Gasteiger partial charge is 0.481 e. The molecule has 0 N–H and O–H groups in total. The van der Waals surface area contributed by atoms with Gasteiger partial charge in [0.05, 0.1) is 6.61 Å². The highest BCUT2D eigenvalue weighted by Crippen LogP contribution is 2.27. The van der Waals surface area contributed by atoms with E-state index in [0.717, 1.165) is 11.3 Å². The second kappa shape index (κ2) is 11.5. The molecule has 0 radical (unpaired) electrons. The van der Waals surface area contributed by atoms with Crippen LogP contribution in [0.5, 0.6) is 11.5 Å². The number of carbonyl (C=O) groups is 3. The normalized spacial score (nSPS) is 14.5. The summed E-state index contributed by atoms with van der Waals surface area (Å²) >= 11 is 0. The minimum absolute atomic E-state index is 0.0916. The second-order valence-corrected chi connectivity index (χ2v) is 8.38. The van der Waals surface area contributed by atoms with E-state index < -0.39 is 12.3 Å². The fourth-order valence-corrected chi connectivity index (χ4v) is 3.78. The van der Waals surface area contributed by atoms with Crippen LogP contribution >= 0.6 is 0 Å². The first-order valence-electron chi connectivity index (χ1n) is 11.6. The van der Waals surface area contributed by atoms with Crippen molar-refractivity contribution < 1.29 is 28.6 Å². The summed E-state index contributed by atoms with van der Waals surface area (Å²) in [6.07, 6.45) is -1.40. The molecule has 1 fully saturated rings. The van der Waals surface area contributed by atoms with E-state index in [1.54, 1.807) is 47.9 Å². The Morgan fingerprint density at radius 3 is 2.12 bits per heavy atom. The number of rotatable bonds is 7. The highest BCUT2D eigenvalue weighted by atomic mass is 16.7. The zero-order valence-corrected chi connectivity index (χ0v) is 20.2. The van der Waals surface area contributed by atoms with Crippen LogP contribution in [-0.2, 0) is 9.53 Å². The summed E-state index contributed by atoms with van der Waals surface area (Å²) in [6, 6.07) is 14.1. The molecule has 0 spiro atoms. The standard InChI is InChI=1S/C26H32N2O6/c1-5-32-26(31)34-21-12-10-20(11-13-21)25(30)28-16-14-27(15-17-28)24(29)19(4)33-23-9-7-6-8-22(23)18(2)3/h6-13,18-19H,5,14-17H2,1-4H3. The number of amides is 2. The van der Waals surface area contributed by atoms with Gasteiger partial charge in [0.1, 0.15) is 11.5 Å². The van der Waals surface area contributed by atoms with Crippen LogP contribution in [0.25, 0.3) is 0 Å². The largest absolute Gasteiger partial charge is 0.513 e. The number of nitrogens with zero attached hydrogens (tertiary/aromatic N) is 2. The molecule has 1 unspecified atom stereocenters. The molecule has 1 atom stereocenters. The molecule has 1 aliphatic heterocycles. The van der Waals surface area contributed by atoms with Crippen LogP contribution < -0.4 is 9.47 Å². The second-order valence-electron chi connectivity index (χ2n) is 8.38. The molecule has 2 aromatic carbocycles.